The standard InChI is InChI=1S/C17H28FN3OS/c18-11-5-6-12-10(9-11)4-7-13-15(12)23-17(20-13)21-16(22)14-3-1-2-8-19-14/h10-15,17,19-20H,1-9H2,(H,21,22)/t10?,11?,12?,13?,14-,15?,17?/m0/s1. The van der Waals surface area contributed by atoms with Gasteiger partial charge in [0.15, 0.2) is 0 Å². The molecule has 130 valence electrons. The third kappa shape index (κ3) is 3.40. The lowest BCUT2D eigenvalue weighted by Gasteiger charge is -2.42. The molecule has 6 heteroatoms. The Balaban J connectivity index is 1.34. The van der Waals surface area contributed by atoms with E-state index in [9.17, 15) is 9.18 Å². The van der Waals surface area contributed by atoms with Crippen LogP contribution in [0.1, 0.15) is 51.4 Å². The summed E-state index contributed by atoms with van der Waals surface area (Å²) >= 11 is 1.88. The molecule has 6 unspecified atom stereocenters. The van der Waals surface area contributed by atoms with Gasteiger partial charge in [-0.3, -0.25) is 10.1 Å². The molecular formula is C17H28FN3OS. The molecule has 4 rings (SSSR count). The van der Waals surface area contributed by atoms with Crippen LogP contribution in [-0.4, -0.2) is 41.5 Å². The van der Waals surface area contributed by atoms with Crippen molar-refractivity contribution in [3.63, 3.8) is 0 Å². The minimum Gasteiger partial charge on any atom is -0.330 e. The molecule has 2 saturated heterocycles. The predicted molar refractivity (Wildman–Crippen MR) is 90.8 cm³/mol. The first kappa shape index (κ1) is 16.2. The number of hydrogen-bond donors (Lipinski definition) is 3. The largest absolute Gasteiger partial charge is 0.330 e. The van der Waals surface area contributed by atoms with E-state index in [0.717, 1.165) is 51.5 Å². The molecule has 1 amide bonds. The highest BCUT2D eigenvalue weighted by atomic mass is 32.2. The number of amides is 1. The first-order valence-corrected chi connectivity index (χ1v) is 10.2. The van der Waals surface area contributed by atoms with Gasteiger partial charge in [-0.25, -0.2) is 4.39 Å². The monoisotopic (exact) mass is 341 g/mol. The van der Waals surface area contributed by atoms with Gasteiger partial charge in [0.05, 0.1) is 6.04 Å². The molecule has 4 aliphatic rings. The Kier molecular flexibility index (Phi) is 4.84. The lowest BCUT2D eigenvalue weighted by Crippen LogP contribution is -2.52. The molecule has 3 N–H and O–H groups in total. The number of thioether (sulfide) groups is 1. The normalized spacial score (nSPS) is 46.7. The minimum atomic E-state index is -0.583. The van der Waals surface area contributed by atoms with E-state index in [-0.39, 0.29) is 17.4 Å². The molecular weight excluding hydrogens is 313 g/mol. The van der Waals surface area contributed by atoms with E-state index in [0.29, 0.717) is 23.1 Å². The van der Waals surface area contributed by atoms with Crippen LogP contribution in [-0.2, 0) is 4.79 Å². The van der Waals surface area contributed by atoms with Gasteiger partial charge in [-0.2, -0.15) is 0 Å². The van der Waals surface area contributed by atoms with Gasteiger partial charge >= 0.3 is 0 Å². The number of piperidine rings is 1. The third-order valence-corrected chi connectivity index (χ3v) is 7.72. The Morgan fingerprint density at radius 2 is 2.04 bits per heavy atom. The van der Waals surface area contributed by atoms with Crippen LogP contribution >= 0.6 is 11.8 Å². The molecule has 0 spiro atoms. The zero-order valence-electron chi connectivity index (χ0n) is 13.6. The summed E-state index contributed by atoms with van der Waals surface area (Å²) in [6.45, 7) is 0.947. The Bertz CT molecular complexity index is 446. The number of carbonyl (C=O) groups is 1. The van der Waals surface area contributed by atoms with Crippen LogP contribution in [0, 0.1) is 11.8 Å². The molecule has 2 saturated carbocycles. The van der Waals surface area contributed by atoms with Gasteiger partial charge in [-0.1, -0.05) is 6.42 Å². The van der Waals surface area contributed by atoms with Crippen LogP contribution in [0.5, 0.6) is 0 Å². The smallest absolute Gasteiger partial charge is 0.238 e. The van der Waals surface area contributed by atoms with E-state index in [4.69, 9.17) is 0 Å². The van der Waals surface area contributed by atoms with Crippen molar-refractivity contribution in [3.8, 4) is 0 Å². The van der Waals surface area contributed by atoms with Crippen molar-refractivity contribution in [1.29, 1.82) is 0 Å². The van der Waals surface area contributed by atoms with E-state index in [2.05, 4.69) is 16.0 Å². The second kappa shape index (κ2) is 6.89. The average molecular weight is 341 g/mol. The predicted octanol–water partition coefficient (Wildman–Crippen LogP) is 2.15. The number of alkyl halides is 1. The van der Waals surface area contributed by atoms with Gasteiger partial charge < -0.3 is 10.6 Å². The van der Waals surface area contributed by atoms with Crippen molar-refractivity contribution >= 4 is 17.7 Å². The molecule has 2 heterocycles. The maximum absolute atomic E-state index is 13.7. The number of hydrogen-bond acceptors (Lipinski definition) is 4. The van der Waals surface area contributed by atoms with Crippen LogP contribution in [0.15, 0.2) is 0 Å². The van der Waals surface area contributed by atoms with Crippen LogP contribution in [0.3, 0.4) is 0 Å². The van der Waals surface area contributed by atoms with Gasteiger partial charge in [-0.05, 0) is 63.3 Å². The fourth-order valence-corrected chi connectivity index (χ4v) is 6.71. The molecule has 23 heavy (non-hydrogen) atoms. The lowest BCUT2D eigenvalue weighted by molar-refractivity contribution is -0.124. The molecule has 0 aromatic rings. The Labute approximate surface area is 142 Å². The van der Waals surface area contributed by atoms with Crippen LogP contribution < -0.4 is 16.0 Å². The zero-order valence-corrected chi connectivity index (χ0v) is 14.4. The molecule has 0 aromatic carbocycles. The topological polar surface area (TPSA) is 53.2 Å². The maximum Gasteiger partial charge on any atom is 0.238 e. The average Bonchev–Trinajstić information content (AvgIpc) is 2.98. The van der Waals surface area contributed by atoms with Gasteiger partial charge in [0.25, 0.3) is 0 Å². The molecule has 2 aliphatic heterocycles. The molecule has 4 nitrogen and oxygen atoms in total. The number of carbonyl (C=O) groups excluding carboxylic acids is 1. The highest BCUT2D eigenvalue weighted by Crippen LogP contribution is 2.48. The molecule has 2 aliphatic carbocycles. The maximum atomic E-state index is 13.7. The number of fused-ring (bicyclic) bond motifs is 3. The number of nitrogens with one attached hydrogen (secondary N) is 3. The first-order chi connectivity index (χ1) is 11.2. The van der Waals surface area contributed by atoms with E-state index >= 15 is 0 Å². The van der Waals surface area contributed by atoms with Crippen LogP contribution in [0.25, 0.3) is 0 Å². The van der Waals surface area contributed by atoms with Crippen LogP contribution in [0.4, 0.5) is 4.39 Å². The summed E-state index contributed by atoms with van der Waals surface area (Å²) in [5.74, 6) is 1.33. The Hall–Kier alpha value is -0.330. The Morgan fingerprint density at radius 3 is 2.87 bits per heavy atom. The summed E-state index contributed by atoms with van der Waals surface area (Å²) in [5, 5.41) is 10.7. The van der Waals surface area contributed by atoms with E-state index in [1.807, 2.05) is 11.8 Å². The summed E-state index contributed by atoms with van der Waals surface area (Å²) in [4.78, 5) is 12.4. The first-order valence-electron chi connectivity index (χ1n) is 9.30. The van der Waals surface area contributed by atoms with Gasteiger partial charge in [0.1, 0.15) is 11.7 Å². The van der Waals surface area contributed by atoms with Crippen molar-refractivity contribution in [2.45, 2.75) is 80.4 Å². The highest BCUT2D eigenvalue weighted by molar-refractivity contribution is 8.00. The minimum absolute atomic E-state index is 0.0245. The fourth-order valence-electron chi connectivity index (χ4n) is 5.00. The number of rotatable bonds is 2. The fraction of sp³-hybridized carbons (Fsp3) is 0.941. The van der Waals surface area contributed by atoms with Crippen molar-refractivity contribution < 1.29 is 9.18 Å². The lowest BCUT2D eigenvalue weighted by atomic mass is 9.68. The SMILES string of the molecule is O=C(NC1NC2CCC3CC(F)CCC3C2S1)[C@@H]1CCCCN1. The van der Waals surface area contributed by atoms with Crippen LogP contribution in [0.2, 0.25) is 0 Å². The summed E-state index contributed by atoms with van der Waals surface area (Å²) in [6, 6.07) is 0.463. The Morgan fingerprint density at radius 1 is 1.13 bits per heavy atom. The van der Waals surface area contributed by atoms with Crippen molar-refractivity contribution in [1.82, 2.24) is 16.0 Å². The molecule has 7 atom stereocenters. The molecule has 0 bridgehead atoms. The second-order valence-corrected chi connectivity index (χ2v) is 8.96. The van der Waals surface area contributed by atoms with E-state index in [1.165, 1.54) is 6.42 Å². The van der Waals surface area contributed by atoms with Gasteiger partial charge in [0.2, 0.25) is 5.91 Å². The summed E-state index contributed by atoms with van der Waals surface area (Å²) in [5.41, 5.74) is 0.0306. The van der Waals surface area contributed by atoms with Crippen molar-refractivity contribution in [3.05, 3.63) is 0 Å². The third-order valence-electron chi connectivity index (χ3n) is 6.20. The summed E-state index contributed by atoms with van der Waals surface area (Å²) < 4.78 is 13.7. The van der Waals surface area contributed by atoms with Gasteiger partial charge in [-0.15, -0.1) is 11.8 Å². The van der Waals surface area contributed by atoms with Gasteiger partial charge in [0, 0.05) is 11.3 Å². The van der Waals surface area contributed by atoms with E-state index < -0.39 is 6.17 Å². The highest BCUT2D eigenvalue weighted by Gasteiger charge is 2.47. The van der Waals surface area contributed by atoms with Crippen molar-refractivity contribution in [2.24, 2.45) is 11.8 Å². The number of halogens is 1. The van der Waals surface area contributed by atoms with E-state index in [1.54, 1.807) is 0 Å². The second-order valence-electron chi connectivity index (χ2n) is 7.68. The molecule has 0 radical (unpaired) electrons. The summed E-state index contributed by atoms with van der Waals surface area (Å²) in [7, 11) is 0. The summed E-state index contributed by atoms with van der Waals surface area (Å²) in [6.07, 6.45) is 7.44. The molecule has 0 aromatic heterocycles. The zero-order chi connectivity index (χ0) is 15.8. The quantitative estimate of drug-likeness (QED) is 0.720. The van der Waals surface area contributed by atoms with Crippen molar-refractivity contribution in [2.75, 3.05) is 6.54 Å². The molecule has 4 fully saturated rings.